The second-order valence-electron chi connectivity index (χ2n) is 4.50. The van der Waals surface area contributed by atoms with E-state index >= 15 is 0 Å². The van der Waals surface area contributed by atoms with Crippen molar-refractivity contribution in [2.24, 2.45) is 5.73 Å². The molecule has 1 aliphatic heterocycles. The van der Waals surface area contributed by atoms with Crippen LogP contribution in [0.3, 0.4) is 0 Å². The first kappa shape index (κ1) is 15.5. The van der Waals surface area contributed by atoms with Crippen molar-refractivity contribution in [1.82, 2.24) is 5.32 Å². The standard InChI is InChI=1S/C12H11F2N3O5/c13-4-1-6-8(2-5(4)14)22-9(11(19)16-6)3-7(10(15)18)17-12(20)21/h1-2,7,9,17H,3H2,(H2,15,18)(H,16,19)(H,20,21)/t7-,9-/m0/s1. The Bertz CT molecular complexity index is 652. The zero-order valence-electron chi connectivity index (χ0n) is 10.9. The van der Waals surface area contributed by atoms with Crippen molar-refractivity contribution in [1.29, 1.82) is 0 Å². The molecule has 0 aliphatic carbocycles. The Kier molecular flexibility index (Phi) is 4.11. The van der Waals surface area contributed by atoms with Gasteiger partial charge in [0.2, 0.25) is 5.91 Å². The van der Waals surface area contributed by atoms with E-state index in [1.54, 1.807) is 0 Å². The summed E-state index contributed by atoms with van der Waals surface area (Å²) in [5.74, 6) is -4.22. The lowest BCUT2D eigenvalue weighted by Gasteiger charge is -2.27. The van der Waals surface area contributed by atoms with Crippen LogP contribution in [-0.2, 0) is 9.59 Å². The van der Waals surface area contributed by atoms with Crippen molar-refractivity contribution >= 4 is 23.6 Å². The average Bonchev–Trinajstić information content (AvgIpc) is 2.40. The van der Waals surface area contributed by atoms with E-state index in [0.717, 1.165) is 12.1 Å². The number of hydrogen-bond donors (Lipinski definition) is 4. The van der Waals surface area contributed by atoms with Gasteiger partial charge in [-0.05, 0) is 0 Å². The van der Waals surface area contributed by atoms with E-state index in [2.05, 4.69) is 5.32 Å². The molecule has 2 rings (SSSR count). The van der Waals surface area contributed by atoms with Crippen molar-refractivity contribution in [3.05, 3.63) is 23.8 Å². The van der Waals surface area contributed by atoms with Crippen LogP contribution in [0.2, 0.25) is 0 Å². The lowest BCUT2D eigenvalue weighted by Crippen LogP contribution is -2.49. The summed E-state index contributed by atoms with van der Waals surface area (Å²) >= 11 is 0. The molecule has 10 heteroatoms. The number of carboxylic acid groups (broad SMARTS) is 1. The van der Waals surface area contributed by atoms with E-state index in [-0.39, 0.29) is 11.4 Å². The third kappa shape index (κ3) is 3.22. The summed E-state index contributed by atoms with van der Waals surface area (Å²) in [5.41, 5.74) is 4.96. The predicted octanol–water partition coefficient (Wildman–Crippen LogP) is 0.176. The summed E-state index contributed by atoms with van der Waals surface area (Å²) in [5, 5.41) is 12.7. The molecular weight excluding hydrogens is 304 g/mol. The number of nitrogens with one attached hydrogen (secondary N) is 2. The molecule has 0 bridgehead atoms. The van der Waals surface area contributed by atoms with Gasteiger partial charge in [-0.1, -0.05) is 0 Å². The van der Waals surface area contributed by atoms with Gasteiger partial charge in [0, 0.05) is 18.6 Å². The fourth-order valence-corrected chi connectivity index (χ4v) is 1.91. The monoisotopic (exact) mass is 315 g/mol. The number of carbonyl (C=O) groups excluding carboxylic acids is 2. The number of halogens is 2. The van der Waals surface area contributed by atoms with Gasteiger partial charge >= 0.3 is 6.09 Å². The van der Waals surface area contributed by atoms with E-state index in [1.807, 2.05) is 5.32 Å². The molecule has 3 amide bonds. The van der Waals surface area contributed by atoms with Crippen LogP contribution in [0.4, 0.5) is 19.3 Å². The van der Waals surface area contributed by atoms with Crippen LogP contribution in [0.15, 0.2) is 12.1 Å². The van der Waals surface area contributed by atoms with Gasteiger partial charge in [0.25, 0.3) is 5.91 Å². The molecule has 118 valence electrons. The molecule has 0 spiro atoms. The third-order valence-electron chi connectivity index (χ3n) is 2.93. The lowest BCUT2D eigenvalue weighted by atomic mass is 10.1. The molecule has 0 radical (unpaired) electrons. The summed E-state index contributed by atoms with van der Waals surface area (Å²) in [6, 6.07) is 0.112. The summed E-state index contributed by atoms with van der Waals surface area (Å²) in [4.78, 5) is 33.5. The highest BCUT2D eigenvalue weighted by Crippen LogP contribution is 2.32. The number of hydrogen-bond acceptors (Lipinski definition) is 4. The number of primary amides is 1. The van der Waals surface area contributed by atoms with Crippen LogP contribution in [0.1, 0.15) is 6.42 Å². The highest BCUT2D eigenvalue weighted by molar-refractivity contribution is 5.98. The van der Waals surface area contributed by atoms with Gasteiger partial charge in [0.1, 0.15) is 11.8 Å². The summed E-state index contributed by atoms with van der Waals surface area (Å²) in [6.45, 7) is 0. The zero-order valence-corrected chi connectivity index (χ0v) is 10.9. The maximum Gasteiger partial charge on any atom is 0.405 e. The van der Waals surface area contributed by atoms with Gasteiger partial charge in [-0.25, -0.2) is 13.6 Å². The van der Waals surface area contributed by atoms with Gasteiger partial charge < -0.3 is 26.2 Å². The van der Waals surface area contributed by atoms with Crippen molar-refractivity contribution in [3.63, 3.8) is 0 Å². The summed E-state index contributed by atoms with van der Waals surface area (Å²) < 4.78 is 31.4. The van der Waals surface area contributed by atoms with Gasteiger partial charge in [0.15, 0.2) is 17.7 Å². The van der Waals surface area contributed by atoms with Crippen LogP contribution < -0.4 is 21.1 Å². The number of amides is 3. The Morgan fingerprint density at radius 3 is 2.64 bits per heavy atom. The molecule has 0 unspecified atom stereocenters. The van der Waals surface area contributed by atoms with Gasteiger partial charge in [-0.2, -0.15) is 0 Å². The highest BCUT2D eigenvalue weighted by atomic mass is 19.2. The normalized spacial score (nSPS) is 17.7. The molecule has 1 aliphatic rings. The van der Waals surface area contributed by atoms with Crippen molar-refractivity contribution < 1.29 is 33.0 Å². The minimum absolute atomic E-state index is 0.0676. The van der Waals surface area contributed by atoms with Crippen LogP contribution in [0.25, 0.3) is 0 Å². The first-order valence-electron chi connectivity index (χ1n) is 6.03. The number of anilines is 1. The third-order valence-corrected chi connectivity index (χ3v) is 2.93. The summed E-state index contributed by atoms with van der Waals surface area (Å²) in [6.07, 6.45) is -3.19. The number of nitrogens with two attached hydrogens (primary N) is 1. The molecular formula is C12H11F2N3O5. The largest absolute Gasteiger partial charge is 0.478 e. The van der Waals surface area contributed by atoms with Gasteiger partial charge in [-0.15, -0.1) is 0 Å². The van der Waals surface area contributed by atoms with Gasteiger partial charge in [0.05, 0.1) is 5.69 Å². The second kappa shape index (κ2) is 5.84. The Morgan fingerprint density at radius 1 is 1.41 bits per heavy atom. The molecule has 0 saturated heterocycles. The molecule has 5 N–H and O–H groups in total. The minimum Gasteiger partial charge on any atom is -0.478 e. The Hall–Kier alpha value is -2.91. The fraction of sp³-hybridized carbons (Fsp3) is 0.250. The maximum atomic E-state index is 13.2. The lowest BCUT2D eigenvalue weighted by molar-refractivity contribution is -0.125. The number of benzene rings is 1. The first-order valence-corrected chi connectivity index (χ1v) is 6.03. The van der Waals surface area contributed by atoms with E-state index in [1.165, 1.54) is 0 Å². The Labute approximate surface area is 122 Å². The smallest absolute Gasteiger partial charge is 0.405 e. The number of fused-ring (bicyclic) bond motifs is 1. The van der Waals surface area contributed by atoms with Crippen LogP contribution in [-0.4, -0.2) is 35.2 Å². The molecule has 0 aromatic heterocycles. The molecule has 22 heavy (non-hydrogen) atoms. The molecule has 1 aromatic rings. The maximum absolute atomic E-state index is 13.2. The Morgan fingerprint density at radius 2 is 2.05 bits per heavy atom. The molecule has 0 fully saturated rings. The molecule has 8 nitrogen and oxygen atoms in total. The van der Waals surface area contributed by atoms with Crippen LogP contribution >= 0.6 is 0 Å². The van der Waals surface area contributed by atoms with Gasteiger partial charge in [-0.3, -0.25) is 9.59 Å². The minimum atomic E-state index is -1.51. The quantitative estimate of drug-likeness (QED) is 0.629. The topological polar surface area (TPSA) is 131 Å². The number of ether oxygens (including phenoxy) is 1. The van der Waals surface area contributed by atoms with E-state index in [9.17, 15) is 23.2 Å². The number of rotatable bonds is 4. The zero-order chi connectivity index (χ0) is 16.4. The van der Waals surface area contributed by atoms with Crippen LogP contribution in [0, 0.1) is 11.6 Å². The molecule has 1 aromatic carbocycles. The summed E-state index contributed by atoms with van der Waals surface area (Å²) in [7, 11) is 0. The van der Waals surface area contributed by atoms with E-state index in [0.29, 0.717) is 0 Å². The second-order valence-corrected chi connectivity index (χ2v) is 4.50. The van der Waals surface area contributed by atoms with Crippen molar-refractivity contribution in [2.45, 2.75) is 18.6 Å². The predicted molar refractivity (Wildman–Crippen MR) is 68.2 cm³/mol. The van der Waals surface area contributed by atoms with Crippen molar-refractivity contribution in [3.8, 4) is 5.75 Å². The first-order chi connectivity index (χ1) is 10.3. The fourth-order valence-electron chi connectivity index (χ4n) is 1.91. The number of carbonyl (C=O) groups is 3. The van der Waals surface area contributed by atoms with E-state index in [4.69, 9.17) is 15.6 Å². The highest BCUT2D eigenvalue weighted by Gasteiger charge is 2.33. The molecule has 2 atom stereocenters. The molecule has 1 heterocycles. The SMILES string of the molecule is NC(=O)[C@H](C[C@@H]1Oc2cc(F)c(F)cc2NC1=O)NC(=O)O. The van der Waals surface area contributed by atoms with Crippen molar-refractivity contribution in [2.75, 3.05) is 5.32 Å². The molecule has 0 saturated carbocycles. The van der Waals surface area contributed by atoms with E-state index < -0.39 is 48.1 Å². The van der Waals surface area contributed by atoms with Crippen LogP contribution in [0.5, 0.6) is 5.75 Å². The Balaban J connectivity index is 2.19. The average molecular weight is 315 g/mol.